The summed E-state index contributed by atoms with van der Waals surface area (Å²) in [6, 6.07) is 5.65. The molecule has 5 nitrogen and oxygen atoms in total. The maximum Gasteiger partial charge on any atom is 0.361 e. The van der Waals surface area contributed by atoms with Crippen LogP contribution in [0.5, 0.6) is 5.75 Å². The molecule has 0 amide bonds. The molecule has 2 rings (SSSR count). The van der Waals surface area contributed by atoms with Gasteiger partial charge in [-0.1, -0.05) is 5.16 Å². The van der Waals surface area contributed by atoms with Crippen molar-refractivity contribution < 1.29 is 19.1 Å². The third-order valence-electron chi connectivity index (χ3n) is 2.69. The van der Waals surface area contributed by atoms with Gasteiger partial charge in [-0.25, -0.2) is 4.79 Å². The molecule has 0 radical (unpaired) electrons. The molecule has 0 spiro atoms. The summed E-state index contributed by atoms with van der Waals surface area (Å²) in [4.78, 5) is 16.7. The SMILES string of the molecule is CCOC(=O)C(=NOC)c1csc2cc(OC)ccc12. The van der Waals surface area contributed by atoms with Crippen LogP contribution in [0.15, 0.2) is 28.7 Å². The molecule has 106 valence electrons. The van der Waals surface area contributed by atoms with Crippen molar-refractivity contribution in [1.29, 1.82) is 0 Å². The average molecular weight is 293 g/mol. The molecule has 0 saturated carbocycles. The van der Waals surface area contributed by atoms with E-state index in [1.165, 1.54) is 18.4 Å². The Morgan fingerprint density at radius 2 is 2.15 bits per heavy atom. The fraction of sp³-hybridized carbons (Fsp3) is 0.286. The Bertz CT molecular complexity index is 648. The van der Waals surface area contributed by atoms with Crippen LogP contribution in [-0.2, 0) is 14.4 Å². The summed E-state index contributed by atoms with van der Waals surface area (Å²) in [5.74, 6) is 0.275. The van der Waals surface area contributed by atoms with E-state index in [0.29, 0.717) is 5.56 Å². The highest BCUT2D eigenvalue weighted by Crippen LogP contribution is 2.30. The molecule has 20 heavy (non-hydrogen) atoms. The number of fused-ring (bicyclic) bond motifs is 1. The van der Waals surface area contributed by atoms with E-state index in [1.807, 2.05) is 23.6 Å². The van der Waals surface area contributed by atoms with Crippen molar-refractivity contribution in [2.24, 2.45) is 5.16 Å². The lowest BCUT2D eigenvalue weighted by atomic mass is 10.1. The Hall–Kier alpha value is -2.08. The largest absolute Gasteiger partial charge is 0.497 e. The third-order valence-corrected chi connectivity index (χ3v) is 3.63. The predicted molar refractivity (Wildman–Crippen MR) is 78.6 cm³/mol. The summed E-state index contributed by atoms with van der Waals surface area (Å²) in [6.07, 6.45) is 0. The van der Waals surface area contributed by atoms with E-state index in [-0.39, 0.29) is 12.3 Å². The summed E-state index contributed by atoms with van der Waals surface area (Å²) in [5.41, 5.74) is 0.874. The van der Waals surface area contributed by atoms with E-state index in [0.717, 1.165) is 15.8 Å². The van der Waals surface area contributed by atoms with Crippen LogP contribution < -0.4 is 4.74 Å². The van der Waals surface area contributed by atoms with Gasteiger partial charge in [-0.05, 0) is 25.1 Å². The number of methoxy groups -OCH3 is 1. The quantitative estimate of drug-likeness (QED) is 0.483. The normalized spacial score (nSPS) is 11.4. The summed E-state index contributed by atoms with van der Waals surface area (Å²) < 4.78 is 11.2. The summed E-state index contributed by atoms with van der Waals surface area (Å²) in [7, 11) is 3.02. The summed E-state index contributed by atoms with van der Waals surface area (Å²) >= 11 is 1.51. The maximum absolute atomic E-state index is 11.9. The van der Waals surface area contributed by atoms with Gasteiger partial charge in [-0.3, -0.25) is 0 Å². The molecule has 0 saturated heterocycles. The molecule has 1 aromatic heterocycles. The van der Waals surface area contributed by atoms with Crippen molar-refractivity contribution in [3.8, 4) is 5.75 Å². The van der Waals surface area contributed by atoms with E-state index in [9.17, 15) is 4.79 Å². The number of thiophene rings is 1. The first-order valence-corrected chi connectivity index (χ1v) is 6.93. The topological polar surface area (TPSA) is 57.1 Å². The van der Waals surface area contributed by atoms with Crippen molar-refractivity contribution in [3.05, 3.63) is 29.1 Å². The van der Waals surface area contributed by atoms with Crippen LogP contribution in [-0.4, -0.2) is 32.5 Å². The number of rotatable bonds is 5. The molecule has 2 aromatic rings. The van der Waals surface area contributed by atoms with Gasteiger partial charge in [0.2, 0.25) is 0 Å². The van der Waals surface area contributed by atoms with Crippen molar-refractivity contribution in [2.45, 2.75) is 6.92 Å². The lowest BCUT2D eigenvalue weighted by molar-refractivity contribution is -0.135. The smallest absolute Gasteiger partial charge is 0.361 e. The number of hydrogen-bond donors (Lipinski definition) is 0. The standard InChI is InChI=1S/C14H15NO4S/c1-4-19-14(16)13(15-18-3)11-8-20-12-7-9(17-2)5-6-10(11)12/h5-8H,4H2,1-3H3. The number of esters is 1. The van der Waals surface area contributed by atoms with E-state index in [1.54, 1.807) is 14.0 Å². The van der Waals surface area contributed by atoms with Gasteiger partial charge < -0.3 is 14.3 Å². The van der Waals surface area contributed by atoms with Gasteiger partial charge in [0.25, 0.3) is 0 Å². The third kappa shape index (κ3) is 2.75. The van der Waals surface area contributed by atoms with Gasteiger partial charge in [-0.2, -0.15) is 0 Å². The average Bonchev–Trinajstić information content (AvgIpc) is 2.87. The summed E-state index contributed by atoms with van der Waals surface area (Å²) in [6.45, 7) is 2.04. The maximum atomic E-state index is 11.9. The Morgan fingerprint density at radius 1 is 1.35 bits per heavy atom. The first kappa shape index (κ1) is 14.3. The van der Waals surface area contributed by atoms with E-state index in [4.69, 9.17) is 14.3 Å². The Kier molecular flexibility index (Phi) is 4.57. The van der Waals surface area contributed by atoms with Crippen LogP contribution in [0.2, 0.25) is 0 Å². The lowest BCUT2D eigenvalue weighted by Crippen LogP contribution is -2.18. The minimum Gasteiger partial charge on any atom is -0.497 e. The first-order chi connectivity index (χ1) is 9.71. The van der Waals surface area contributed by atoms with Crippen LogP contribution >= 0.6 is 11.3 Å². The molecule has 0 aliphatic carbocycles. The molecule has 0 fully saturated rings. The molecule has 0 bridgehead atoms. The van der Waals surface area contributed by atoms with Crippen LogP contribution in [0.4, 0.5) is 0 Å². The second-order valence-corrected chi connectivity index (χ2v) is 4.77. The van der Waals surface area contributed by atoms with Crippen molar-refractivity contribution in [2.75, 3.05) is 20.8 Å². The number of benzene rings is 1. The van der Waals surface area contributed by atoms with Crippen LogP contribution in [0, 0.1) is 0 Å². The molecular weight excluding hydrogens is 278 g/mol. The van der Waals surface area contributed by atoms with Crippen LogP contribution in [0.25, 0.3) is 10.1 Å². The first-order valence-electron chi connectivity index (χ1n) is 6.05. The zero-order chi connectivity index (χ0) is 14.5. The highest BCUT2D eigenvalue weighted by atomic mass is 32.1. The second kappa shape index (κ2) is 6.38. The number of ether oxygens (including phenoxy) is 2. The second-order valence-electron chi connectivity index (χ2n) is 3.85. The van der Waals surface area contributed by atoms with Gasteiger partial charge in [-0.15, -0.1) is 11.3 Å². The molecule has 1 heterocycles. The molecule has 0 unspecified atom stereocenters. The molecule has 6 heteroatoms. The van der Waals surface area contributed by atoms with Gasteiger partial charge >= 0.3 is 5.97 Å². The minimum absolute atomic E-state index is 0.172. The number of oxime groups is 1. The van der Waals surface area contributed by atoms with E-state index < -0.39 is 5.97 Å². The Morgan fingerprint density at radius 3 is 2.80 bits per heavy atom. The van der Waals surface area contributed by atoms with E-state index in [2.05, 4.69) is 5.16 Å². The fourth-order valence-corrected chi connectivity index (χ4v) is 2.78. The molecule has 0 aliphatic heterocycles. The van der Waals surface area contributed by atoms with Crippen molar-refractivity contribution in [1.82, 2.24) is 0 Å². The zero-order valence-electron chi connectivity index (χ0n) is 11.5. The van der Waals surface area contributed by atoms with Gasteiger partial charge in [0.15, 0.2) is 5.71 Å². The van der Waals surface area contributed by atoms with Crippen molar-refractivity contribution in [3.63, 3.8) is 0 Å². The number of carbonyl (C=O) groups is 1. The molecule has 0 aliphatic rings. The molecule has 0 atom stereocenters. The van der Waals surface area contributed by atoms with Crippen LogP contribution in [0.1, 0.15) is 12.5 Å². The highest BCUT2D eigenvalue weighted by Gasteiger charge is 2.20. The monoisotopic (exact) mass is 293 g/mol. The van der Waals surface area contributed by atoms with Gasteiger partial charge in [0.05, 0.1) is 13.7 Å². The number of carbonyl (C=O) groups excluding carboxylic acids is 1. The molecule has 0 N–H and O–H groups in total. The predicted octanol–water partition coefficient (Wildman–Crippen LogP) is 2.82. The molecular formula is C14H15NO4S. The van der Waals surface area contributed by atoms with E-state index >= 15 is 0 Å². The number of hydrogen-bond acceptors (Lipinski definition) is 6. The number of nitrogens with zero attached hydrogens (tertiary/aromatic N) is 1. The van der Waals surface area contributed by atoms with Crippen LogP contribution in [0.3, 0.4) is 0 Å². The Labute approximate surface area is 120 Å². The zero-order valence-corrected chi connectivity index (χ0v) is 12.3. The molecule has 1 aromatic carbocycles. The van der Waals surface area contributed by atoms with Gasteiger partial charge in [0, 0.05) is 21.0 Å². The lowest BCUT2D eigenvalue weighted by Gasteiger charge is -2.05. The summed E-state index contributed by atoms with van der Waals surface area (Å²) in [5, 5.41) is 6.57. The van der Waals surface area contributed by atoms with Gasteiger partial charge in [0.1, 0.15) is 12.9 Å². The minimum atomic E-state index is -0.495. The highest BCUT2D eigenvalue weighted by molar-refractivity contribution is 7.17. The van der Waals surface area contributed by atoms with Crippen molar-refractivity contribution >= 4 is 33.1 Å². The fourth-order valence-electron chi connectivity index (χ4n) is 1.81. The Balaban J connectivity index is 2.49.